The van der Waals surface area contributed by atoms with E-state index in [9.17, 15) is 32.3 Å². The first-order valence-corrected chi connectivity index (χ1v) is 8.23. The molecule has 0 saturated carbocycles. The molecule has 2 rings (SSSR count). The van der Waals surface area contributed by atoms with Crippen LogP contribution in [-0.4, -0.2) is 49.7 Å². The van der Waals surface area contributed by atoms with Crippen molar-refractivity contribution in [2.45, 2.75) is 19.5 Å². The zero-order valence-electron chi connectivity index (χ0n) is 14.8. The maximum Gasteiger partial charge on any atom is 0.405 e. The fourth-order valence-corrected chi connectivity index (χ4v) is 2.48. The molecule has 1 aromatic carbocycles. The van der Waals surface area contributed by atoms with Crippen LogP contribution >= 0.6 is 0 Å². The van der Waals surface area contributed by atoms with E-state index in [1.807, 2.05) is 19.1 Å². The summed E-state index contributed by atoms with van der Waals surface area (Å²) in [5.74, 6) is -2.97. The molecule has 0 spiro atoms. The van der Waals surface area contributed by atoms with E-state index < -0.39 is 43.2 Å². The van der Waals surface area contributed by atoms with Crippen LogP contribution in [0.15, 0.2) is 24.3 Å². The molecule has 1 aromatic rings. The second kappa shape index (κ2) is 8.72. The van der Waals surface area contributed by atoms with Crippen molar-refractivity contribution < 1.29 is 37.1 Å². The summed E-state index contributed by atoms with van der Waals surface area (Å²) in [6, 6.07) is 5.77. The van der Waals surface area contributed by atoms with Gasteiger partial charge in [-0.15, -0.1) is 0 Å². The average molecular weight is 401 g/mol. The van der Waals surface area contributed by atoms with Crippen molar-refractivity contribution in [1.29, 1.82) is 0 Å². The topological polar surface area (TPSA) is 105 Å². The third kappa shape index (κ3) is 6.25. The SMILES string of the molecule is Cc1ccc(N2C[C@@H](C(=O)OCC(=O)NC(=O)NCC(F)(F)F)CC2=O)cc1. The second-order valence-corrected chi connectivity index (χ2v) is 6.19. The Balaban J connectivity index is 1.78. The fraction of sp³-hybridized carbons (Fsp3) is 0.412. The van der Waals surface area contributed by atoms with E-state index in [-0.39, 0.29) is 18.9 Å². The number of ether oxygens (including phenoxy) is 1. The van der Waals surface area contributed by atoms with Crippen LogP contribution in [0.4, 0.5) is 23.7 Å². The molecule has 1 aliphatic rings. The largest absolute Gasteiger partial charge is 0.455 e. The number of halogens is 3. The Morgan fingerprint density at radius 2 is 1.86 bits per heavy atom. The van der Waals surface area contributed by atoms with Crippen molar-refractivity contribution in [3.05, 3.63) is 29.8 Å². The Hall–Kier alpha value is -3.11. The number of hydrogen-bond acceptors (Lipinski definition) is 5. The quantitative estimate of drug-likeness (QED) is 0.724. The molecular formula is C17H18F3N3O5. The Morgan fingerprint density at radius 1 is 1.21 bits per heavy atom. The number of nitrogens with one attached hydrogen (secondary N) is 2. The Kier molecular flexibility index (Phi) is 6.60. The highest BCUT2D eigenvalue weighted by Crippen LogP contribution is 2.26. The van der Waals surface area contributed by atoms with Gasteiger partial charge in [-0.3, -0.25) is 19.7 Å². The second-order valence-electron chi connectivity index (χ2n) is 6.19. The smallest absolute Gasteiger partial charge is 0.405 e. The molecule has 1 atom stereocenters. The molecule has 1 fully saturated rings. The lowest BCUT2D eigenvalue weighted by Gasteiger charge is -2.16. The maximum atomic E-state index is 12.1. The summed E-state index contributed by atoms with van der Waals surface area (Å²) in [7, 11) is 0. The Labute approximate surface area is 158 Å². The van der Waals surface area contributed by atoms with Crippen LogP contribution in [0.3, 0.4) is 0 Å². The Morgan fingerprint density at radius 3 is 2.46 bits per heavy atom. The molecule has 1 heterocycles. The zero-order valence-corrected chi connectivity index (χ0v) is 14.8. The summed E-state index contributed by atoms with van der Waals surface area (Å²) in [5, 5.41) is 3.05. The first-order chi connectivity index (χ1) is 13.0. The normalized spacial score (nSPS) is 16.6. The van der Waals surface area contributed by atoms with Gasteiger partial charge in [0.05, 0.1) is 5.92 Å². The van der Waals surface area contributed by atoms with Crippen molar-refractivity contribution >= 4 is 29.5 Å². The molecule has 0 aromatic heterocycles. The molecule has 8 nitrogen and oxygen atoms in total. The number of hydrogen-bond donors (Lipinski definition) is 2. The molecule has 28 heavy (non-hydrogen) atoms. The third-order valence-electron chi connectivity index (χ3n) is 3.85. The first kappa shape index (κ1) is 21.2. The minimum absolute atomic E-state index is 0.0778. The summed E-state index contributed by atoms with van der Waals surface area (Å²) in [5.41, 5.74) is 1.64. The van der Waals surface area contributed by atoms with E-state index in [1.165, 1.54) is 10.2 Å². The van der Waals surface area contributed by atoms with Crippen LogP contribution in [0.5, 0.6) is 0 Å². The number of aryl methyl sites for hydroxylation is 1. The van der Waals surface area contributed by atoms with Crippen LogP contribution in [0.1, 0.15) is 12.0 Å². The number of imide groups is 1. The number of esters is 1. The summed E-state index contributed by atoms with van der Waals surface area (Å²) in [4.78, 5) is 48.2. The number of benzene rings is 1. The van der Waals surface area contributed by atoms with E-state index in [2.05, 4.69) is 0 Å². The van der Waals surface area contributed by atoms with E-state index in [1.54, 1.807) is 17.4 Å². The minimum Gasteiger partial charge on any atom is -0.455 e. The molecule has 152 valence electrons. The number of carbonyl (C=O) groups is 4. The maximum absolute atomic E-state index is 12.1. The van der Waals surface area contributed by atoms with Crippen LogP contribution < -0.4 is 15.5 Å². The summed E-state index contributed by atoms with van der Waals surface area (Å²) in [6.45, 7) is -0.489. The highest BCUT2D eigenvalue weighted by molar-refractivity contribution is 6.00. The van der Waals surface area contributed by atoms with Crippen LogP contribution in [0.2, 0.25) is 0 Å². The lowest BCUT2D eigenvalue weighted by atomic mass is 10.1. The molecule has 1 aliphatic heterocycles. The lowest BCUT2D eigenvalue weighted by molar-refractivity contribution is -0.152. The van der Waals surface area contributed by atoms with Gasteiger partial charge in [-0.25, -0.2) is 4.79 Å². The van der Waals surface area contributed by atoms with E-state index in [0.717, 1.165) is 5.56 Å². The number of rotatable bonds is 5. The highest BCUT2D eigenvalue weighted by atomic mass is 19.4. The number of amides is 4. The zero-order chi connectivity index (χ0) is 20.9. The van der Waals surface area contributed by atoms with Crippen molar-refractivity contribution in [1.82, 2.24) is 10.6 Å². The fourth-order valence-electron chi connectivity index (χ4n) is 2.48. The van der Waals surface area contributed by atoms with Crippen molar-refractivity contribution in [2.75, 3.05) is 24.6 Å². The Bertz CT molecular complexity index is 764. The number of carbonyl (C=O) groups excluding carboxylic acids is 4. The van der Waals surface area contributed by atoms with Gasteiger partial charge in [-0.1, -0.05) is 17.7 Å². The van der Waals surface area contributed by atoms with E-state index in [4.69, 9.17) is 4.74 Å². The van der Waals surface area contributed by atoms with Crippen LogP contribution in [-0.2, 0) is 19.1 Å². The average Bonchev–Trinajstić information content (AvgIpc) is 3.00. The third-order valence-corrected chi connectivity index (χ3v) is 3.85. The van der Waals surface area contributed by atoms with Gasteiger partial charge in [0, 0.05) is 18.7 Å². The lowest BCUT2D eigenvalue weighted by Crippen LogP contribution is -2.44. The number of anilines is 1. The number of alkyl halides is 3. The summed E-state index contributed by atoms with van der Waals surface area (Å²) >= 11 is 0. The van der Waals surface area contributed by atoms with E-state index in [0.29, 0.717) is 5.69 Å². The van der Waals surface area contributed by atoms with Crippen LogP contribution in [0.25, 0.3) is 0 Å². The highest BCUT2D eigenvalue weighted by Gasteiger charge is 2.36. The van der Waals surface area contributed by atoms with Gasteiger partial charge in [0.1, 0.15) is 6.54 Å². The molecular weight excluding hydrogens is 383 g/mol. The van der Waals surface area contributed by atoms with E-state index >= 15 is 0 Å². The molecule has 0 bridgehead atoms. The molecule has 2 N–H and O–H groups in total. The van der Waals surface area contributed by atoms with Gasteiger partial charge in [0.25, 0.3) is 5.91 Å². The van der Waals surface area contributed by atoms with Crippen molar-refractivity contribution in [3.8, 4) is 0 Å². The van der Waals surface area contributed by atoms with Gasteiger partial charge in [0.15, 0.2) is 6.61 Å². The monoisotopic (exact) mass is 401 g/mol. The van der Waals surface area contributed by atoms with Crippen molar-refractivity contribution in [3.63, 3.8) is 0 Å². The van der Waals surface area contributed by atoms with Crippen molar-refractivity contribution in [2.24, 2.45) is 5.92 Å². The molecule has 0 aliphatic carbocycles. The van der Waals surface area contributed by atoms with Crippen LogP contribution in [0, 0.1) is 12.8 Å². The summed E-state index contributed by atoms with van der Waals surface area (Å²) in [6.07, 6.45) is -4.72. The molecule has 0 unspecified atom stereocenters. The molecule has 0 radical (unpaired) electrons. The van der Waals surface area contributed by atoms with Gasteiger partial charge in [-0.05, 0) is 19.1 Å². The number of urea groups is 1. The van der Waals surface area contributed by atoms with Gasteiger partial charge in [-0.2, -0.15) is 13.2 Å². The molecule has 4 amide bonds. The minimum atomic E-state index is -4.62. The molecule has 11 heteroatoms. The number of nitrogens with zero attached hydrogens (tertiary/aromatic N) is 1. The molecule has 1 saturated heterocycles. The van der Waals surface area contributed by atoms with Gasteiger partial charge in [0.2, 0.25) is 5.91 Å². The van der Waals surface area contributed by atoms with Gasteiger partial charge < -0.3 is 15.0 Å². The standard InChI is InChI=1S/C17H18F3N3O5/c1-10-2-4-12(5-3-10)23-7-11(6-14(23)25)15(26)28-8-13(24)22-16(27)21-9-17(18,19)20/h2-5,11H,6-9H2,1H3,(H2,21,22,24,27)/t11-/m0/s1. The summed E-state index contributed by atoms with van der Waals surface area (Å²) < 4.78 is 40.6. The predicted molar refractivity (Wildman–Crippen MR) is 90.2 cm³/mol. The first-order valence-electron chi connectivity index (χ1n) is 8.23. The predicted octanol–water partition coefficient (Wildman–Crippen LogP) is 1.28. The van der Waals surface area contributed by atoms with Gasteiger partial charge >= 0.3 is 18.2 Å².